The first-order chi connectivity index (χ1) is 8.15. The number of oxazole rings is 1. The minimum Gasteiger partial charge on any atom is -0.441 e. The maximum atomic E-state index is 11.8. The molecule has 4 nitrogen and oxygen atoms in total. The van der Waals surface area contributed by atoms with Crippen LogP contribution >= 0.6 is 0 Å². The molecule has 0 saturated carbocycles. The highest BCUT2D eigenvalue weighted by atomic mass is 19.3. The summed E-state index contributed by atoms with van der Waals surface area (Å²) in [5.41, 5.74) is 7.47. The van der Waals surface area contributed by atoms with Crippen molar-refractivity contribution in [1.82, 2.24) is 4.98 Å². The molecule has 0 aliphatic heterocycles. The Hall–Kier alpha value is -1.69. The predicted octanol–water partition coefficient (Wildman–Crippen LogP) is 2.23. The number of rotatable bonds is 5. The van der Waals surface area contributed by atoms with Gasteiger partial charge in [-0.1, -0.05) is 0 Å². The van der Waals surface area contributed by atoms with Gasteiger partial charge in [-0.25, -0.2) is 13.8 Å². The van der Waals surface area contributed by atoms with Gasteiger partial charge in [-0.15, -0.1) is 0 Å². The second-order valence-electron chi connectivity index (χ2n) is 3.55. The number of hydrogen-bond acceptors (Lipinski definition) is 4. The number of ether oxygens (including phenoxy) is 1. The van der Waals surface area contributed by atoms with Crippen LogP contribution in [0.4, 0.5) is 14.5 Å². The average molecular weight is 242 g/mol. The molecule has 0 aliphatic carbocycles. The Morgan fingerprint density at radius 3 is 3.00 bits per heavy atom. The molecule has 1 aromatic heterocycles. The lowest BCUT2D eigenvalue weighted by Gasteiger charge is -2.00. The topological polar surface area (TPSA) is 61.3 Å². The van der Waals surface area contributed by atoms with Gasteiger partial charge >= 0.3 is 0 Å². The molecule has 0 unspecified atom stereocenters. The van der Waals surface area contributed by atoms with Gasteiger partial charge in [0.05, 0.1) is 6.61 Å². The van der Waals surface area contributed by atoms with Crippen LogP contribution in [0.3, 0.4) is 0 Å². The number of nitrogens with two attached hydrogens (primary N) is 1. The number of aromatic nitrogens is 1. The molecule has 6 heteroatoms. The maximum absolute atomic E-state index is 11.8. The fraction of sp³-hybridized carbons (Fsp3) is 0.364. The van der Waals surface area contributed by atoms with Gasteiger partial charge in [0, 0.05) is 18.2 Å². The molecular formula is C11H12F2N2O2. The summed E-state index contributed by atoms with van der Waals surface area (Å²) in [6, 6.07) is 5.14. The lowest BCUT2D eigenvalue weighted by atomic mass is 10.3. The SMILES string of the molecule is Nc1ccc2nc(CCOCC(F)F)oc2c1. The smallest absolute Gasteiger partial charge is 0.261 e. The Labute approximate surface area is 96.4 Å². The lowest BCUT2D eigenvalue weighted by molar-refractivity contribution is 0.0174. The second-order valence-corrected chi connectivity index (χ2v) is 3.55. The van der Waals surface area contributed by atoms with E-state index in [1.165, 1.54) is 0 Å². The van der Waals surface area contributed by atoms with E-state index in [0.29, 0.717) is 29.1 Å². The van der Waals surface area contributed by atoms with Gasteiger partial charge < -0.3 is 14.9 Å². The van der Waals surface area contributed by atoms with Crippen LogP contribution < -0.4 is 5.73 Å². The zero-order valence-corrected chi connectivity index (χ0v) is 9.03. The van der Waals surface area contributed by atoms with Crippen LogP contribution in [-0.2, 0) is 11.2 Å². The Balaban J connectivity index is 1.95. The van der Waals surface area contributed by atoms with Crippen LogP contribution in [0.5, 0.6) is 0 Å². The molecular weight excluding hydrogens is 230 g/mol. The Kier molecular flexibility index (Phi) is 3.53. The van der Waals surface area contributed by atoms with Crippen molar-refractivity contribution in [2.45, 2.75) is 12.8 Å². The van der Waals surface area contributed by atoms with Crippen molar-refractivity contribution in [1.29, 1.82) is 0 Å². The monoisotopic (exact) mass is 242 g/mol. The quantitative estimate of drug-likeness (QED) is 0.645. The van der Waals surface area contributed by atoms with Crippen molar-refractivity contribution in [3.63, 3.8) is 0 Å². The number of nitrogen functional groups attached to an aromatic ring is 1. The largest absolute Gasteiger partial charge is 0.441 e. The van der Waals surface area contributed by atoms with Crippen LogP contribution in [0, 0.1) is 0 Å². The number of nitrogens with zero attached hydrogens (tertiary/aromatic N) is 1. The van der Waals surface area contributed by atoms with Crippen molar-refractivity contribution in [2.24, 2.45) is 0 Å². The number of halogens is 2. The summed E-state index contributed by atoms with van der Waals surface area (Å²) in [5, 5.41) is 0. The van der Waals surface area contributed by atoms with Gasteiger partial charge in [0.2, 0.25) is 0 Å². The molecule has 17 heavy (non-hydrogen) atoms. The molecule has 0 aliphatic rings. The molecule has 0 amide bonds. The van der Waals surface area contributed by atoms with Crippen molar-refractivity contribution < 1.29 is 17.9 Å². The molecule has 92 valence electrons. The molecule has 2 rings (SSSR count). The van der Waals surface area contributed by atoms with Crippen LogP contribution in [0.1, 0.15) is 5.89 Å². The normalized spacial score (nSPS) is 11.5. The van der Waals surface area contributed by atoms with E-state index in [1.807, 2.05) is 0 Å². The van der Waals surface area contributed by atoms with Crippen molar-refractivity contribution >= 4 is 16.8 Å². The van der Waals surface area contributed by atoms with E-state index in [9.17, 15) is 8.78 Å². The highest BCUT2D eigenvalue weighted by Gasteiger charge is 2.07. The fourth-order valence-electron chi connectivity index (χ4n) is 1.43. The van der Waals surface area contributed by atoms with E-state index < -0.39 is 13.0 Å². The van der Waals surface area contributed by atoms with Crippen LogP contribution in [-0.4, -0.2) is 24.6 Å². The van der Waals surface area contributed by atoms with E-state index in [-0.39, 0.29) is 6.61 Å². The zero-order valence-electron chi connectivity index (χ0n) is 9.03. The molecule has 2 aromatic rings. The van der Waals surface area contributed by atoms with Gasteiger partial charge in [0.25, 0.3) is 6.43 Å². The maximum Gasteiger partial charge on any atom is 0.261 e. The molecule has 1 aromatic carbocycles. The number of anilines is 1. The molecule has 0 fully saturated rings. The summed E-state index contributed by atoms with van der Waals surface area (Å²) in [5.74, 6) is 0.458. The number of hydrogen-bond donors (Lipinski definition) is 1. The third kappa shape index (κ3) is 3.13. The average Bonchev–Trinajstić information content (AvgIpc) is 2.66. The molecule has 0 bridgehead atoms. The van der Waals surface area contributed by atoms with E-state index in [0.717, 1.165) is 0 Å². The third-order valence-corrected chi connectivity index (χ3v) is 2.16. The number of alkyl halides is 2. The van der Waals surface area contributed by atoms with Crippen LogP contribution in [0.15, 0.2) is 22.6 Å². The molecule has 0 radical (unpaired) electrons. The minimum absolute atomic E-state index is 0.159. The summed E-state index contributed by atoms with van der Waals surface area (Å²) >= 11 is 0. The van der Waals surface area contributed by atoms with E-state index in [1.54, 1.807) is 18.2 Å². The second kappa shape index (κ2) is 5.09. The van der Waals surface area contributed by atoms with Crippen molar-refractivity contribution in [3.8, 4) is 0 Å². The van der Waals surface area contributed by atoms with Crippen LogP contribution in [0.25, 0.3) is 11.1 Å². The number of fused-ring (bicyclic) bond motifs is 1. The van der Waals surface area contributed by atoms with E-state index >= 15 is 0 Å². The fourth-order valence-corrected chi connectivity index (χ4v) is 1.43. The molecule has 0 spiro atoms. The highest BCUT2D eigenvalue weighted by Crippen LogP contribution is 2.18. The summed E-state index contributed by atoms with van der Waals surface area (Å²) in [7, 11) is 0. The minimum atomic E-state index is -2.45. The first-order valence-electron chi connectivity index (χ1n) is 5.16. The van der Waals surface area contributed by atoms with Crippen molar-refractivity contribution in [2.75, 3.05) is 18.9 Å². The predicted molar refractivity (Wildman–Crippen MR) is 58.9 cm³/mol. The number of benzene rings is 1. The van der Waals surface area contributed by atoms with Crippen molar-refractivity contribution in [3.05, 3.63) is 24.1 Å². The molecule has 1 heterocycles. The van der Waals surface area contributed by atoms with Gasteiger partial charge in [-0.2, -0.15) is 0 Å². The Morgan fingerprint density at radius 1 is 1.41 bits per heavy atom. The zero-order chi connectivity index (χ0) is 12.3. The van der Waals surface area contributed by atoms with Gasteiger partial charge in [-0.3, -0.25) is 0 Å². The Morgan fingerprint density at radius 2 is 2.24 bits per heavy atom. The summed E-state index contributed by atoms with van der Waals surface area (Å²) in [6.45, 7) is -0.403. The first-order valence-corrected chi connectivity index (χ1v) is 5.16. The first kappa shape index (κ1) is 11.8. The molecule has 0 atom stereocenters. The van der Waals surface area contributed by atoms with Crippen LogP contribution in [0.2, 0.25) is 0 Å². The summed E-state index contributed by atoms with van der Waals surface area (Å²) in [6.07, 6.45) is -2.08. The van der Waals surface area contributed by atoms with Gasteiger partial charge in [0.15, 0.2) is 11.5 Å². The highest BCUT2D eigenvalue weighted by molar-refractivity contribution is 5.76. The lowest BCUT2D eigenvalue weighted by Crippen LogP contribution is -2.07. The molecule has 2 N–H and O–H groups in total. The van der Waals surface area contributed by atoms with Gasteiger partial charge in [0.1, 0.15) is 12.1 Å². The third-order valence-electron chi connectivity index (χ3n) is 2.16. The van der Waals surface area contributed by atoms with Gasteiger partial charge in [-0.05, 0) is 12.1 Å². The van der Waals surface area contributed by atoms with E-state index in [2.05, 4.69) is 4.98 Å². The summed E-state index contributed by atoms with van der Waals surface area (Å²) < 4.78 is 33.7. The standard InChI is InChI=1S/C11H12F2N2O2/c12-10(13)6-16-4-3-11-15-8-2-1-7(14)5-9(8)17-11/h1-2,5,10H,3-4,6,14H2. The molecule has 0 saturated heterocycles. The van der Waals surface area contributed by atoms with E-state index in [4.69, 9.17) is 14.9 Å². The Bertz CT molecular complexity index is 499. The summed E-state index contributed by atoms with van der Waals surface area (Å²) in [4.78, 5) is 4.18.